The van der Waals surface area contributed by atoms with Crippen LogP contribution in [0.5, 0.6) is 0 Å². The van der Waals surface area contributed by atoms with Crippen LogP contribution in [0.1, 0.15) is 39.4 Å². The number of benzene rings is 1. The minimum absolute atomic E-state index is 0.0326. The molecule has 1 aromatic heterocycles. The van der Waals surface area contributed by atoms with Crippen molar-refractivity contribution in [2.24, 2.45) is 22.6 Å². The molecule has 2 aromatic rings. The number of rotatable bonds is 4. The zero-order valence-corrected chi connectivity index (χ0v) is 13.0. The van der Waals surface area contributed by atoms with E-state index < -0.39 is 0 Å². The molecule has 0 saturated heterocycles. The molecule has 3 rings (SSSR count). The Morgan fingerprint density at radius 2 is 1.76 bits per heavy atom. The van der Waals surface area contributed by atoms with Gasteiger partial charge in [-0.25, -0.2) is 4.68 Å². The Morgan fingerprint density at radius 3 is 2.29 bits per heavy atom. The van der Waals surface area contributed by atoms with E-state index in [1.54, 1.807) is 0 Å². The Hall–Kier alpha value is -1.72. The Balaban J connectivity index is 2.00. The SMILES string of the molecule is CC1(C)C(C(NN)c2cnnn2-c2ccccc2)C1(C)C. The number of nitrogens with zero attached hydrogens (tertiary/aromatic N) is 3. The highest BCUT2D eigenvalue weighted by Crippen LogP contribution is 2.72. The Bertz CT molecular complexity index is 615. The topological polar surface area (TPSA) is 68.8 Å². The van der Waals surface area contributed by atoms with Crippen molar-refractivity contribution in [2.75, 3.05) is 0 Å². The third-order valence-corrected chi connectivity index (χ3v) is 5.54. The number of aromatic nitrogens is 3. The van der Waals surface area contributed by atoms with Gasteiger partial charge in [0, 0.05) is 0 Å². The van der Waals surface area contributed by atoms with Gasteiger partial charge in [0.2, 0.25) is 0 Å². The average molecular weight is 285 g/mol. The molecule has 1 atom stereocenters. The first-order valence-electron chi connectivity index (χ1n) is 7.33. The summed E-state index contributed by atoms with van der Waals surface area (Å²) in [5, 5.41) is 8.32. The number of hydrazine groups is 1. The molecule has 112 valence electrons. The molecule has 21 heavy (non-hydrogen) atoms. The molecule has 1 fully saturated rings. The summed E-state index contributed by atoms with van der Waals surface area (Å²) in [4.78, 5) is 0. The summed E-state index contributed by atoms with van der Waals surface area (Å²) < 4.78 is 1.87. The lowest BCUT2D eigenvalue weighted by molar-refractivity contribution is 0.401. The second-order valence-electron chi connectivity index (χ2n) is 6.97. The normalized spacial score (nSPS) is 21.2. The molecular formula is C16H23N5. The monoisotopic (exact) mass is 285 g/mol. The van der Waals surface area contributed by atoms with Gasteiger partial charge in [-0.15, -0.1) is 5.10 Å². The number of nitrogens with two attached hydrogens (primary N) is 1. The van der Waals surface area contributed by atoms with E-state index in [-0.39, 0.29) is 16.9 Å². The van der Waals surface area contributed by atoms with Crippen molar-refractivity contribution in [1.29, 1.82) is 0 Å². The molecule has 0 spiro atoms. The number of hydrogen-bond donors (Lipinski definition) is 2. The first-order valence-corrected chi connectivity index (χ1v) is 7.33. The molecule has 1 saturated carbocycles. The molecule has 3 N–H and O–H groups in total. The molecule has 1 aliphatic rings. The number of hydrogen-bond acceptors (Lipinski definition) is 4. The zero-order valence-electron chi connectivity index (χ0n) is 13.0. The van der Waals surface area contributed by atoms with Crippen molar-refractivity contribution in [2.45, 2.75) is 33.7 Å². The first-order chi connectivity index (χ1) is 9.91. The van der Waals surface area contributed by atoms with E-state index in [0.717, 1.165) is 11.4 Å². The van der Waals surface area contributed by atoms with E-state index in [2.05, 4.69) is 43.4 Å². The molecular weight excluding hydrogens is 262 g/mol. The van der Waals surface area contributed by atoms with Crippen molar-refractivity contribution in [1.82, 2.24) is 20.4 Å². The molecule has 0 aliphatic heterocycles. The Kier molecular flexibility index (Phi) is 3.15. The van der Waals surface area contributed by atoms with Gasteiger partial charge in [-0.1, -0.05) is 51.1 Å². The molecule has 1 aliphatic carbocycles. The highest BCUT2D eigenvalue weighted by molar-refractivity contribution is 5.33. The van der Waals surface area contributed by atoms with Crippen LogP contribution in [-0.2, 0) is 0 Å². The van der Waals surface area contributed by atoms with Crippen LogP contribution in [0.15, 0.2) is 36.5 Å². The molecule has 5 heteroatoms. The first kappa shape index (κ1) is 14.2. The van der Waals surface area contributed by atoms with Crippen molar-refractivity contribution >= 4 is 0 Å². The third-order valence-electron chi connectivity index (χ3n) is 5.54. The quantitative estimate of drug-likeness (QED) is 0.669. The molecule has 0 amide bonds. The van der Waals surface area contributed by atoms with E-state index in [4.69, 9.17) is 5.84 Å². The lowest BCUT2D eigenvalue weighted by Crippen LogP contribution is -2.33. The summed E-state index contributed by atoms with van der Waals surface area (Å²) in [6.45, 7) is 9.16. The maximum Gasteiger partial charge on any atom is 0.0831 e. The smallest absolute Gasteiger partial charge is 0.0831 e. The molecule has 0 radical (unpaired) electrons. The lowest BCUT2D eigenvalue weighted by atomic mass is 10.0. The van der Waals surface area contributed by atoms with Crippen LogP contribution in [0.4, 0.5) is 0 Å². The fraction of sp³-hybridized carbons (Fsp3) is 0.500. The highest BCUT2D eigenvalue weighted by Gasteiger charge is 2.67. The summed E-state index contributed by atoms with van der Waals surface area (Å²) in [5.41, 5.74) is 5.46. The number of nitrogens with one attached hydrogen (secondary N) is 1. The predicted octanol–water partition coefficient (Wildman–Crippen LogP) is 2.45. The van der Waals surface area contributed by atoms with Gasteiger partial charge in [0.15, 0.2) is 0 Å². The Labute approximate surface area is 125 Å². The van der Waals surface area contributed by atoms with Gasteiger partial charge in [0.05, 0.1) is 23.6 Å². The van der Waals surface area contributed by atoms with Crippen LogP contribution in [-0.4, -0.2) is 15.0 Å². The predicted molar refractivity (Wildman–Crippen MR) is 82.5 cm³/mol. The molecule has 0 bridgehead atoms. The van der Waals surface area contributed by atoms with E-state index in [0.29, 0.717) is 5.92 Å². The maximum absolute atomic E-state index is 5.88. The van der Waals surface area contributed by atoms with E-state index in [1.807, 2.05) is 41.2 Å². The van der Waals surface area contributed by atoms with Crippen molar-refractivity contribution in [3.63, 3.8) is 0 Å². The van der Waals surface area contributed by atoms with Crippen LogP contribution in [0, 0.1) is 16.7 Å². The van der Waals surface area contributed by atoms with E-state index in [9.17, 15) is 0 Å². The number of para-hydroxylation sites is 1. The van der Waals surface area contributed by atoms with E-state index >= 15 is 0 Å². The minimum atomic E-state index is 0.0326. The molecule has 1 heterocycles. The summed E-state index contributed by atoms with van der Waals surface area (Å²) in [5.74, 6) is 6.32. The standard InChI is InChI=1S/C16H23N5/c1-15(2)14(16(15,3)4)13(19-17)12-10-18-20-21(12)11-8-6-5-7-9-11/h5-10,13-14,19H,17H2,1-4H3. The molecule has 1 aromatic carbocycles. The van der Waals surface area contributed by atoms with Gasteiger partial charge in [0.25, 0.3) is 0 Å². The second kappa shape index (κ2) is 4.64. The fourth-order valence-electron chi connectivity index (χ4n) is 3.66. The molecule has 5 nitrogen and oxygen atoms in total. The van der Waals surface area contributed by atoms with Gasteiger partial charge in [-0.05, 0) is 28.9 Å². The summed E-state index contributed by atoms with van der Waals surface area (Å²) in [7, 11) is 0. The van der Waals surface area contributed by atoms with E-state index in [1.165, 1.54) is 0 Å². The third kappa shape index (κ3) is 2.00. The Morgan fingerprint density at radius 1 is 1.14 bits per heavy atom. The van der Waals surface area contributed by atoms with Crippen molar-refractivity contribution < 1.29 is 0 Å². The molecule has 1 unspecified atom stereocenters. The van der Waals surface area contributed by atoms with Crippen LogP contribution in [0.25, 0.3) is 5.69 Å². The van der Waals surface area contributed by atoms with Crippen molar-refractivity contribution in [3.8, 4) is 5.69 Å². The summed E-state index contributed by atoms with van der Waals surface area (Å²) >= 11 is 0. The zero-order chi connectivity index (χ0) is 15.3. The van der Waals surface area contributed by atoms with Gasteiger partial charge in [-0.3, -0.25) is 11.3 Å². The van der Waals surface area contributed by atoms with Crippen LogP contribution < -0.4 is 11.3 Å². The fourth-order valence-corrected chi connectivity index (χ4v) is 3.66. The lowest BCUT2D eigenvalue weighted by Gasteiger charge is -2.19. The largest absolute Gasteiger partial charge is 0.271 e. The van der Waals surface area contributed by atoms with Gasteiger partial charge >= 0.3 is 0 Å². The van der Waals surface area contributed by atoms with Gasteiger partial charge in [-0.2, -0.15) is 0 Å². The minimum Gasteiger partial charge on any atom is -0.271 e. The average Bonchev–Trinajstić information content (AvgIpc) is 2.84. The van der Waals surface area contributed by atoms with Gasteiger partial charge < -0.3 is 0 Å². The highest BCUT2D eigenvalue weighted by atomic mass is 15.4. The van der Waals surface area contributed by atoms with Gasteiger partial charge in [0.1, 0.15) is 0 Å². The summed E-state index contributed by atoms with van der Waals surface area (Å²) in [6, 6.07) is 10.1. The van der Waals surface area contributed by atoms with Crippen LogP contribution in [0.2, 0.25) is 0 Å². The summed E-state index contributed by atoms with van der Waals surface area (Å²) in [6.07, 6.45) is 1.81. The second-order valence-corrected chi connectivity index (χ2v) is 6.97. The maximum atomic E-state index is 5.88. The van der Waals surface area contributed by atoms with Crippen LogP contribution in [0.3, 0.4) is 0 Å². The van der Waals surface area contributed by atoms with Crippen LogP contribution >= 0.6 is 0 Å². The van der Waals surface area contributed by atoms with Crippen molar-refractivity contribution in [3.05, 3.63) is 42.2 Å².